The first kappa shape index (κ1) is 19.2. The Bertz CT molecular complexity index is 773. The van der Waals surface area contributed by atoms with E-state index in [1.165, 1.54) is 11.3 Å². The molecule has 1 fully saturated rings. The van der Waals surface area contributed by atoms with Crippen LogP contribution in [0.1, 0.15) is 61.3 Å². The molecular formula is C21H30N6O. The van der Waals surface area contributed by atoms with Crippen molar-refractivity contribution in [2.24, 2.45) is 5.92 Å². The second kappa shape index (κ2) is 8.92. The van der Waals surface area contributed by atoms with E-state index in [4.69, 9.17) is 4.98 Å². The third-order valence-corrected chi connectivity index (χ3v) is 5.95. The number of hydrogen-bond acceptors (Lipinski definition) is 7. The molecule has 0 radical (unpaired) electrons. The molecule has 0 saturated carbocycles. The number of aliphatic hydroxyl groups excluding tert-OH is 1. The van der Waals surface area contributed by atoms with Crippen LogP contribution in [-0.4, -0.2) is 44.7 Å². The molecule has 150 valence electrons. The Morgan fingerprint density at radius 2 is 1.89 bits per heavy atom. The van der Waals surface area contributed by atoms with Crippen molar-refractivity contribution in [3.8, 4) is 0 Å². The van der Waals surface area contributed by atoms with E-state index in [0.717, 1.165) is 75.5 Å². The average Bonchev–Trinajstić information content (AvgIpc) is 2.77. The highest BCUT2D eigenvalue weighted by molar-refractivity contribution is 5.36. The van der Waals surface area contributed by atoms with E-state index in [9.17, 15) is 5.11 Å². The number of rotatable bonds is 6. The maximum absolute atomic E-state index is 9.33. The molecule has 2 aromatic heterocycles. The van der Waals surface area contributed by atoms with Crippen molar-refractivity contribution in [2.75, 3.05) is 24.6 Å². The van der Waals surface area contributed by atoms with Crippen LogP contribution in [0.3, 0.4) is 0 Å². The highest BCUT2D eigenvalue weighted by Crippen LogP contribution is 2.30. The maximum atomic E-state index is 9.33. The highest BCUT2D eigenvalue weighted by Gasteiger charge is 2.25. The number of hydrogen-bond donors (Lipinski definition) is 2. The molecule has 0 aromatic carbocycles. The zero-order valence-electron chi connectivity index (χ0n) is 16.6. The smallest absolute Gasteiger partial charge is 0.225 e. The van der Waals surface area contributed by atoms with Gasteiger partial charge in [0.1, 0.15) is 5.82 Å². The first-order chi connectivity index (χ1) is 13.8. The largest absolute Gasteiger partial charge is 0.396 e. The van der Waals surface area contributed by atoms with E-state index in [2.05, 4.69) is 32.1 Å². The number of nitrogens with one attached hydrogen (secondary N) is 1. The minimum absolute atomic E-state index is 0.281. The molecule has 1 atom stereocenters. The molecule has 1 saturated heterocycles. The predicted molar refractivity (Wildman–Crippen MR) is 108 cm³/mol. The number of aliphatic hydroxyl groups is 1. The van der Waals surface area contributed by atoms with Gasteiger partial charge in [0.2, 0.25) is 5.95 Å². The molecule has 3 heterocycles. The molecule has 1 unspecified atom stereocenters. The van der Waals surface area contributed by atoms with Crippen molar-refractivity contribution in [1.29, 1.82) is 0 Å². The summed E-state index contributed by atoms with van der Waals surface area (Å²) in [6, 6.07) is 0.281. The zero-order valence-corrected chi connectivity index (χ0v) is 16.6. The Labute approximate surface area is 166 Å². The summed E-state index contributed by atoms with van der Waals surface area (Å²) in [6.07, 6.45) is 12.0. The summed E-state index contributed by atoms with van der Waals surface area (Å²) in [4.78, 5) is 20.6. The van der Waals surface area contributed by atoms with Gasteiger partial charge in [0.05, 0.1) is 5.69 Å². The monoisotopic (exact) mass is 382 g/mol. The molecule has 0 amide bonds. The standard InChI is InChI=1S/C21H30N6O/c1-2-20-23-11-16(12-24-20)10-22-18-4-3-5-19-17(18)13-25-21(26-19)27-8-6-15(14-28)7-9-27/h11-13,15,18,22,28H,2-10,14H2,1H3. The fourth-order valence-electron chi connectivity index (χ4n) is 4.11. The van der Waals surface area contributed by atoms with Gasteiger partial charge in [-0.1, -0.05) is 6.92 Å². The molecule has 2 aromatic rings. The Kier molecular flexibility index (Phi) is 6.12. The minimum Gasteiger partial charge on any atom is -0.396 e. The summed E-state index contributed by atoms with van der Waals surface area (Å²) in [5.41, 5.74) is 3.51. The molecular weight excluding hydrogens is 352 g/mol. The van der Waals surface area contributed by atoms with Crippen molar-refractivity contribution < 1.29 is 5.11 Å². The highest BCUT2D eigenvalue weighted by atomic mass is 16.3. The summed E-state index contributed by atoms with van der Waals surface area (Å²) >= 11 is 0. The Morgan fingerprint density at radius 1 is 1.11 bits per heavy atom. The van der Waals surface area contributed by atoms with E-state index in [1.807, 2.05) is 18.6 Å². The van der Waals surface area contributed by atoms with Crippen molar-refractivity contribution in [3.63, 3.8) is 0 Å². The third-order valence-electron chi connectivity index (χ3n) is 5.95. The van der Waals surface area contributed by atoms with Gasteiger partial charge < -0.3 is 15.3 Å². The van der Waals surface area contributed by atoms with Crippen LogP contribution in [0, 0.1) is 5.92 Å². The maximum Gasteiger partial charge on any atom is 0.225 e. The second-order valence-electron chi connectivity index (χ2n) is 7.87. The van der Waals surface area contributed by atoms with Gasteiger partial charge in [0.25, 0.3) is 0 Å². The van der Waals surface area contributed by atoms with Gasteiger partial charge in [-0.3, -0.25) is 0 Å². The lowest BCUT2D eigenvalue weighted by Crippen LogP contribution is -2.36. The van der Waals surface area contributed by atoms with Crippen LogP contribution in [0.2, 0.25) is 0 Å². The van der Waals surface area contributed by atoms with E-state index >= 15 is 0 Å². The lowest BCUT2D eigenvalue weighted by atomic mass is 9.92. The van der Waals surface area contributed by atoms with E-state index < -0.39 is 0 Å². The molecule has 28 heavy (non-hydrogen) atoms. The first-order valence-electron chi connectivity index (χ1n) is 10.5. The van der Waals surface area contributed by atoms with E-state index in [-0.39, 0.29) is 6.04 Å². The number of fused-ring (bicyclic) bond motifs is 1. The summed E-state index contributed by atoms with van der Waals surface area (Å²) in [5, 5.41) is 13.0. The SMILES string of the molecule is CCc1ncc(CNC2CCCc3nc(N4CCC(CO)CC4)ncc32)cn1. The molecule has 7 nitrogen and oxygen atoms in total. The molecule has 1 aliphatic carbocycles. The van der Waals surface area contributed by atoms with Gasteiger partial charge in [-0.2, -0.15) is 0 Å². The molecule has 4 rings (SSSR count). The van der Waals surface area contributed by atoms with Crippen molar-refractivity contribution in [1.82, 2.24) is 25.3 Å². The van der Waals surface area contributed by atoms with Crippen LogP contribution < -0.4 is 10.2 Å². The van der Waals surface area contributed by atoms with Crippen LogP contribution in [0.15, 0.2) is 18.6 Å². The molecule has 2 N–H and O–H groups in total. The lowest BCUT2D eigenvalue weighted by molar-refractivity contribution is 0.202. The Balaban J connectivity index is 1.41. The van der Waals surface area contributed by atoms with Crippen LogP contribution in [0.4, 0.5) is 5.95 Å². The number of anilines is 1. The number of aromatic nitrogens is 4. The zero-order chi connectivity index (χ0) is 19.3. The van der Waals surface area contributed by atoms with Gasteiger partial charge in [-0.25, -0.2) is 19.9 Å². The number of aryl methyl sites for hydroxylation is 2. The summed E-state index contributed by atoms with van der Waals surface area (Å²) in [7, 11) is 0. The molecule has 0 bridgehead atoms. The number of piperidine rings is 1. The van der Waals surface area contributed by atoms with Crippen molar-refractivity contribution in [3.05, 3.63) is 41.2 Å². The van der Waals surface area contributed by atoms with Crippen LogP contribution in [0.25, 0.3) is 0 Å². The Morgan fingerprint density at radius 3 is 2.61 bits per heavy atom. The molecule has 7 heteroatoms. The second-order valence-corrected chi connectivity index (χ2v) is 7.87. The number of nitrogens with zero attached hydrogens (tertiary/aromatic N) is 5. The average molecular weight is 383 g/mol. The minimum atomic E-state index is 0.281. The van der Waals surface area contributed by atoms with Crippen molar-refractivity contribution in [2.45, 2.75) is 58.0 Å². The summed E-state index contributed by atoms with van der Waals surface area (Å²) < 4.78 is 0. The molecule has 2 aliphatic rings. The van der Waals surface area contributed by atoms with Gasteiger partial charge in [0, 0.05) is 68.4 Å². The van der Waals surface area contributed by atoms with Gasteiger partial charge in [-0.05, 0) is 38.0 Å². The normalized spacial score (nSPS) is 20.2. The van der Waals surface area contributed by atoms with Gasteiger partial charge in [-0.15, -0.1) is 0 Å². The fourth-order valence-corrected chi connectivity index (χ4v) is 4.11. The lowest BCUT2D eigenvalue weighted by Gasteiger charge is -2.32. The fraction of sp³-hybridized carbons (Fsp3) is 0.619. The molecule has 0 spiro atoms. The summed E-state index contributed by atoms with van der Waals surface area (Å²) in [5.74, 6) is 2.16. The van der Waals surface area contributed by atoms with Crippen LogP contribution in [0.5, 0.6) is 0 Å². The van der Waals surface area contributed by atoms with Crippen LogP contribution in [-0.2, 0) is 19.4 Å². The summed E-state index contributed by atoms with van der Waals surface area (Å²) in [6.45, 7) is 4.97. The molecule has 1 aliphatic heterocycles. The quantitative estimate of drug-likeness (QED) is 0.792. The van der Waals surface area contributed by atoms with E-state index in [1.54, 1.807) is 0 Å². The van der Waals surface area contributed by atoms with Gasteiger partial charge >= 0.3 is 0 Å². The van der Waals surface area contributed by atoms with Crippen molar-refractivity contribution >= 4 is 5.95 Å². The van der Waals surface area contributed by atoms with Gasteiger partial charge in [0.15, 0.2) is 0 Å². The first-order valence-corrected chi connectivity index (χ1v) is 10.5. The van der Waals surface area contributed by atoms with E-state index in [0.29, 0.717) is 12.5 Å². The predicted octanol–water partition coefficient (Wildman–Crippen LogP) is 2.20. The topological polar surface area (TPSA) is 87.1 Å². The third kappa shape index (κ3) is 4.31. The Hall–Kier alpha value is -2.12. The van der Waals surface area contributed by atoms with Crippen LogP contribution >= 0.6 is 0 Å².